The van der Waals surface area contributed by atoms with Crippen molar-refractivity contribution in [1.29, 1.82) is 0 Å². The monoisotopic (exact) mass is 221 g/mol. The third-order valence-electron chi connectivity index (χ3n) is 3.28. The lowest BCUT2D eigenvalue weighted by Crippen LogP contribution is -2.17. The van der Waals surface area contributed by atoms with Crippen LogP contribution in [0.15, 0.2) is 6.07 Å². The van der Waals surface area contributed by atoms with Gasteiger partial charge in [-0.15, -0.1) is 0 Å². The molecule has 0 saturated carbocycles. The highest BCUT2D eigenvalue weighted by molar-refractivity contribution is 5.23. The molecule has 1 atom stereocenters. The number of hydrogen-bond acceptors (Lipinski definition) is 3. The lowest BCUT2D eigenvalue weighted by molar-refractivity contribution is 0.413. The van der Waals surface area contributed by atoms with Crippen LogP contribution in [-0.4, -0.2) is 10.2 Å². The topological polar surface area (TPSA) is 51.8 Å². The second kappa shape index (κ2) is 5.94. The molecule has 2 N–H and O–H groups in total. The van der Waals surface area contributed by atoms with Gasteiger partial charge in [0.2, 0.25) is 0 Å². The summed E-state index contributed by atoms with van der Waals surface area (Å²) in [6.07, 6.45) is 3.43. The average Bonchev–Trinajstić information content (AvgIpc) is 2.28. The lowest BCUT2D eigenvalue weighted by atomic mass is 9.91. The largest absolute Gasteiger partial charge is 0.324 e. The summed E-state index contributed by atoms with van der Waals surface area (Å²) in [6, 6.07) is 2.16. The Balaban J connectivity index is 2.79. The van der Waals surface area contributed by atoms with E-state index in [0.29, 0.717) is 5.92 Å². The molecule has 0 aliphatic carbocycles. The Morgan fingerprint density at radius 1 is 1.19 bits per heavy atom. The van der Waals surface area contributed by atoms with Crippen molar-refractivity contribution < 1.29 is 0 Å². The minimum atomic E-state index is 0.0964. The van der Waals surface area contributed by atoms with Crippen molar-refractivity contribution in [3.63, 3.8) is 0 Å². The maximum absolute atomic E-state index is 6.25. The number of nitrogens with two attached hydrogens (primary N) is 1. The molecule has 3 nitrogen and oxygen atoms in total. The molecule has 1 rings (SSSR count). The molecule has 0 spiro atoms. The predicted molar refractivity (Wildman–Crippen MR) is 67.1 cm³/mol. The Morgan fingerprint density at radius 3 is 2.38 bits per heavy atom. The number of aromatic nitrogens is 2. The highest BCUT2D eigenvalue weighted by Gasteiger charge is 2.15. The van der Waals surface area contributed by atoms with E-state index in [2.05, 4.69) is 30.1 Å². The first kappa shape index (κ1) is 13.1. The highest BCUT2D eigenvalue weighted by Crippen LogP contribution is 2.24. The summed E-state index contributed by atoms with van der Waals surface area (Å²) >= 11 is 0. The molecule has 3 heteroatoms. The molecule has 0 saturated heterocycles. The third-order valence-corrected chi connectivity index (χ3v) is 3.28. The number of nitrogens with zero attached hydrogens (tertiary/aromatic N) is 2. The van der Waals surface area contributed by atoms with Gasteiger partial charge in [0.25, 0.3) is 0 Å². The quantitative estimate of drug-likeness (QED) is 0.831. The van der Waals surface area contributed by atoms with Gasteiger partial charge in [-0.25, -0.2) is 0 Å². The van der Waals surface area contributed by atoms with Crippen molar-refractivity contribution in [3.8, 4) is 0 Å². The van der Waals surface area contributed by atoms with Crippen LogP contribution >= 0.6 is 0 Å². The maximum atomic E-state index is 6.25. The fraction of sp³-hybridized carbons (Fsp3) is 0.692. The molecule has 90 valence electrons. The average molecular weight is 221 g/mol. The predicted octanol–water partition coefficient (Wildman–Crippen LogP) is 2.92. The Bertz CT molecular complexity index is 332. The van der Waals surface area contributed by atoms with Gasteiger partial charge in [0.05, 0.1) is 11.4 Å². The second-order valence-corrected chi connectivity index (χ2v) is 4.55. The molecule has 1 aromatic rings. The van der Waals surface area contributed by atoms with Crippen LogP contribution in [0.3, 0.4) is 0 Å². The standard InChI is InChI=1S/C13H23N3/c1-5-11(6-2)8-13(14)12-7-9(3)15-16-10(12)4/h7,11,13H,5-6,8,14H2,1-4H3. The summed E-state index contributed by atoms with van der Waals surface area (Å²) in [5.74, 6) is 0.711. The van der Waals surface area contributed by atoms with Crippen molar-refractivity contribution in [2.24, 2.45) is 11.7 Å². The number of rotatable bonds is 5. The van der Waals surface area contributed by atoms with Crippen LogP contribution < -0.4 is 5.73 Å². The SMILES string of the molecule is CCC(CC)CC(N)c1cc(C)nnc1C. The molecule has 1 aromatic heterocycles. The Labute approximate surface area is 98.5 Å². The molecule has 0 aliphatic heterocycles. The number of aryl methyl sites for hydroxylation is 2. The summed E-state index contributed by atoms with van der Waals surface area (Å²) in [7, 11) is 0. The smallest absolute Gasteiger partial charge is 0.0648 e. The van der Waals surface area contributed by atoms with Crippen molar-refractivity contribution in [2.75, 3.05) is 0 Å². The first-order valence-corrected chi connectivity index (χ1v) is 6.14. The van der Waals surface area contributed by atoms with Crippen molar-refractivity contribution in [2.45, 2.75) is 53.0 Å². The van der Waals surface area contributed by atoms with Crippen LogP contribution in [0.25, 0.3) is 0 Å². The highest BCUT2D eigenvalue weighted by atomic mass is 15.1. The molecule has 1 heterocycles. The van der Waals surface area contributed by atoms with E-state index in [-0.39, 0.29) is 6.04 Å². The summed E-state index contributed by atoms with van der Waals surface area (Å²) in [5.41, 5.74) is 9.31. The molecular formula is C13H23N3. The number of hydrogen-bond donors (Lipinski definition) is 1. The van der Waals surface area contributed by atoms with Crippen LogP contribution in [0.2, 0.25) is 0 Å². The second-order valence-electron chi connectivity index (χ2n) is 4.55. The van der Waals surface area contributed by atoms with E-state index >= 15 is 0 Å². The zero-order chi connectivity index (χ0) is 12.1. The zero-order valence-corrected chi connectivity index (χ0v) is 10.8. The van der Waals surface area contributed by atoms with Crippen molar-refractivity contribution in [1.82, 2.24) is 10.2 Å². The molecular weight excluding hydrogens is 198 g/mol. The van der Waals surface area contributed by atoms with E-state index in [1.54, 1.807) is 0 Å². The fourth-order valence-corrected chi connectivity index (χ4v) is 2.05. The molecule has 0 aliphatic rings. The van der Waals surface area contributed by atoms with Gasteiger partial charge in [-0.2, -0.15) is 10.2 Å². The van der Waals surface area contributed by atoms with Crippen molar-refractivity contribution in [3.05, 3.63) is 23.0 Å². The third kappa shape index (κ3) is 3.27. The van der Waals surface area contributed by atoms with Gasteiger partial charge in [-0.1, -0.05) is 26.7 Å². The summed E-state index contributed by atoms with van der Waals surface area (Å²) in [6.45, 7) is 8.39. The Kier molecular flexibility index (Phi) is 4.87. The van der Waals surface area contributed by atoms with E-state index < -0.39 is 0 Å². The van der Waals surface area contributed by atoms with Crippen LogP contribution in [0.1, 0.15) is 56.1 Å². The van der Waals surface area contributed by atoms with E-state index in [9.17, 15) is 0 Å². The Hall–Kier alpha value is -0.960. The van der Waals surface area contributed by atoms with Gasteiger partial charge in [-0.3, -0.25) is 0 Å². The molecule has 0 radical (unpaired) electrons. The summed E-state index contributed by atoms with van der Waals surface area (Å²) in [5, 5.41) is 8.16. The van der Waals surface area contributed by atoms with Gasteiger partial charge in [0, 0.05) is 6.04 Å². The van der Waals surface area contributed by atoms with Gasteiger partial charge in [0.15, 0.2) is 0 Å². The van der Waals surface area contributed by atoms with Crippen LogP contribution in [0.4, 0.5) is 0 Å². The molecule has 0 aromatic carbocycles. The van der Waals surface area contributed by atoms with Crippen LogP contribution in [0.5, 0.6) is 0 Å². The van der Waals surface area contributed by atoms with Crippen LogP contribution in [-0.2, 0) is 0 Å². The first-order chi connectivity index (χ1) is 7.58. The molecule has 0 bridgehead atoms. The Morgan fingerprint density at radius 2 is 1.81 bits per heavy atom. The van der Waals surface area contributed by atoms with E-state index in [1.807, 2.05) is 13.8 Å². The zero-order valence-electron chi connectivity index (χ0n) is 10.8. The summed E-state index contributed by atoms with van der Waals surface area (Å²) < 4.78 is 0. The lowest BCUT2D eigenvalue weighted by Gasteiger charge is -2.19. The summed E-state index contributed by atoms with van der Waals surface area (Å²) in [4.78, 5) is 0. The van der Waals surface area contributed by atoms with Gasteiger partial charge >= 0.3 is 0 Å². The minimum Gasteiger partial charge on any atom is -0.324 e. The minimum absolute atomic E-state index is 0.0964. The molecule has 0 amide bonds. The van der Waals surface area contributed by atoms with Gasteiger partial charge in [-0.05, 0) is 37.8 Å². The van der Waals surface area contributed by atoms with Gasteiger partial charge < -0.3 is 5.73 Å². The molecule has 16 heavy (non-hydrogen) atoms. The molecule has 1 unspecified atom stereocenters. The van der Waals surface area contributed by atoms with E-state index in [0.717, 1.165) is 23.4 Å². The van der Waals surface area contributed by atoms with E-state index in [4.69, 9.17) is 5.73 Å². The van der Waals surface area contributed by atoms with Crippen LogP contribution in [0, 0.1) is 19.8 Å². The van der Waals surface area contributed by atoms with E-state index in [1.165, 1.54) is 12.8 Å². The maximum Gasteiger partial charge on any atom is 0.0648 e. The van der Waals surface area contributed by atoms with Crippen molar-refractivity contribution >= 4 is 0 Å². The normalized spacial score (nSPS) is 13.1. The molecule has 0 fully saturated rings. The first-order valence-electron chi connectivity index (χ1n) is 6.14. The van der Waals surface area contributed by atoms with Gasteiger partial charge in [0.1, 0.15) is 0 Å². The fourth-order valence-electron chi connectivity index (χ4n) is 2.05.